The van der Waals surface area contributed by atoms with Gasteiger partial charge >= 0.3 is 0 Å². The van der Waals surface area contributed by atoms with Crippen LogP contribution in [0.1, 0.15) is 12.5 Å². The van der Waals surface area contributed by atoms with Crippen LogP contribution in [0.25, 0.3) is 0 Å². The van der Waals surface area contributed by atoms with Crippen LogP contribution in [0.4, 0.5) is 0 Å². The van der Waals surface area contributed by atoms with E-state index in [0.717, 1.165) is 5.56 Å². The van der Waals surface area contributed by atoms with Crippen molar-refractivity contribution in [2.24, 2.45) is 5.92 Å². The summed E-state index contributed by atoms with van der Waals surface area (Å²) in [6, 6.07) is 3.35. The van der Waals surface area contributed by atoms with Crippen molar-refractivity contribution >= 4 is 21.4 Å². The largest absolute Gasteiger partial charge is 0.245 e. The number of rotatable bonds is 4. The van der Waals surface area contributed by atoms with Gasteiger partial charge in [-0.25, -0.2) is 13.4 Å². The lowest BCUT2D eigenvalue weighted by Gasteiger charge is -2.08. The van der Waals surface area contributed by atoms with Crippen molar-refractivity contribution in [2.45, 2.75) is 18.9 Å². The van der Waals surface area contributed by atoms with Gasteiger partial charge in [0, 0.05) is 12.1 Å². The second-order valence-electron chi connectivity index (χ2n) is 3.71. The molecular weight excluding hydrogens is 234 g/mol. The van der Waals surface area contributed by atoms with Crippen LogP contribution in [0.3, 0.4) is 0 Å². The highest BCUT2D eigenvalue weighted by molar-refractivity contribution is 7.91. The molecule has 0 radical (unpaired) electrons. The number of halogens is 1. The lowest BCUT2D eigenvalue weighted by Crippen LogP contribution is -2.16. The number of pyridine rings is 1. The maximum atomic E-state index is 11.8. The van der Waals surface area contributed by atoms with E-state index in [-0.39, 0.29) is 16.7 Å². The molecule has 0 saturated heterocycles. The molecule has 5 heteroatoms. The number of aromatic nitrogens is 1. The van der Waals surface area contributed by atoms with Gasteiger partial charge in [0.05, 0.1) is 5.75 Å². The first-order valence-electron chi connectivity index (χ1n) is 4.67. The molecule has 0 N–H and O–H groups in total. The van der Waals surface area contributed by atoms with E-state index in [1.165, 1.54) is 6.20 Å². The highest BCUT2D eigenvalue weighted by Gasteiger charge is 2.19. The summed E-state index contributed by atoms with van der Waals surface area (Å²) in [5, 5.41) is 0.138. The number of sulfone groups is 1. The zero-order chi connectivity index (χ0) is 11.5. The minimum atomic E-state index is -3.29. The van der Waals surface area contributed by atoms with E-state index in [4.69, 9.17) is 11.6 Å². The Morgan fingerprint density at radius 2 is 2.20 bits per heavy atom. The molecule has 1 rings (SSSR count). The first kappa shape index (κ1) is 12.5. The van der Waals surface area contributed by atoms with E-state index < -0.39 is 9.84 Å². The normalized spacial score (nSPS) is 13.8. The zero-order valence-electron chi connectivity index (χ0n) is 8.77. The Balaban J connectivity index is 2.96. The van der Waals surface area contributed by atoms with Crippen LogP contribution in [0, 0.1) is 12.8 Å². The third-order valence-corrected chi connectivity index (χ3v) is 4.37. The highest BCUT2D eigenvalue weighted by Crippen LogP contribution is 2.13. The Hall–Kier alpha value is -0.610. The van der Waals surface area contributed by atoms with Gasteiger partial charge < -0.3 is 0 Å². The van der Waals surface area contributed by atoms with Crippen molar-refractivity contribution in [3.05, 3.63) is 23.9 Å². The fourth-order valence-corrected chi connectivity index (χ4v) is 3.05. The maximum absolute atomic E-state index is 11.8. The van der Waals surface area contributed by atoms with Gasteiger partial charge in [0.2, 0.25) is 0 Å². The molecule has 0 amide bonds. The second-order valence-corrected chi connectivity index (χ2v) is 6.00. The van der Waals surface area contributed by atoms with E-state index in [2.05, 4.69) is 4.98 Å². The van der Waals surface area contributed by atoms with Crippen molar-refractivity contribution < 1.29 is 8.42 Å². The molecule has 0 aliphatic rings. The molecule has 15 heavy (non-hydrogen) atoms. The molecule has 0 fully saturated rings. The molecule has 1 heterocycles. The van der Waals surface area contributed by atoms with Crippen LogP contribution in [-0.4, -0.2) is 25.0 Å². The summed E-state index contributed by atoms with van der Waals surface area (Å²) in [5.41, 5.74) is 0.891. The average molecular weight is 248 g/mol. The molecular formula is C10H14ClNO2S. The maximum Gasteiger partial charge on any atom is 0.195 e. The molecule has 84 valence electrons. The minimum absolute atomic E-state index is 0.0486. The van der Waals surface area contributed by atoms with Crippen LogP contribution in [0.2, 0.25) is 0 Å². The summed E-state index contributed by atoms with van der Waals surface area (Å²) in [6.45, 7) is 3.64. The second kappa shape index (κ2) is 4.94. The smallest absolute Gasteiger partial charge is 0.195 e. The molecule has 0 aromatic carbocycles. The quantitative estimate of drug-likeness (QED) is 0.765. The molecule has 1 atom stereocenters. The number of hydrogen-bond acceptors (Lipinski definition) is 3. The van der Waals surface area contributed by atoms with E-state index in [1.807, 2.05) is 6.92 Å². The van der Waals surface area contributed by atoms with Crippen molar-refractivity contribution in [1.29, 1.82) is 0 Å². The Bertz CT molecular complexity index is 431. The van der Waals surface area contributed by atoms with Crippen molar-refractivity contribution in [2.75, 3.05) is 11.6 Å². The molecule has 0 saturated carbocycles. The van der Waals surface area contributed by atoms with Gasteiger partial charge in [-0.1, -0.05) is 6.92 Å². The molecule has 0 aliphatic carbocycles. The van der Waals surface area contributed by atoms with E-state index in [9.17, 15) is 8.42 Å². The number of alkyl halides is 1. The molecule has 1 aromatic heterocycles. The van der Waals surface area contributed by atoms with E-state index in [1.54, 1.807) is 19.1 Å². The molecule has 3 nitrogen and oxygen atoms in total. The predicted octanol–water partition coefficient (Wildman–Crippen LogP) is 2.04. The predicted molar refractivity (Wildman–Crippen MR) is 60.9 cm³/mol. The summed E-state index contributed by atoms with van der Waals surface area (Å²) in [5.74, 6) is 0.330. The summed E-state index contributed by atoms with van der Waals surface area (Å²) in [6.07, 6.45) is 1.51. The fourth-order valence-electron chi connectivity index (χ4n) is 1.18. The third kappa shape index (κ3) is 3.47. The first-order valence-corrected chi connectivity index (χ1v) is 6.86. The van der Waals surface area contributed by atoms with Gasteiger partial charge in [0.25, 0.3) is 0 Å². The van der Waals surface area contributed by atoms with Crippen molar-refractivity contribution in [1.82, 2.24) is 4.98 Å². The minimum Gasteiger partial charge on any atom is -0.245 e. The Labute approximate surface area is 95.4 Å². The van der Waals surface area contributed by atoms with Crippen LogP contribution < -0.4 is 0 Å². The topological polar surface area (TPSA) is 47.0 Å². The zero-order valence-corrected chi connectivity index (χ0v) is 10.3. The van der Waals surface area contributed by atoms with Gasteiger partial charge in [0.15, 0.2) is 14.9 Å². The monoisotopic (exact) mass is 247 g/mol. The van der Waals surface area contributed by atoms with Gasteiger partial charge in [-0.3, -0.25) is 0 Å². The summed E-state index contributed by atoms with van der Waals surface area (Å²) in [7, 11) is -3.29. The molecule has 1 aromatic rings. The fraction of sp³-hybridized carbons (Fsp3) is 0.500. The Morgan fingerprint density at radius 1 is 1.53 bits per heavy atom. The summed E-state index contributed by atoms with van der Waals surface area (Å²) < 4.78 is 23.7. The molecule has 0 spiro atoms. The van der Waals surface area contributed by atoms with Crippen LogP contribution in [-0.2, 0) is 9.84 Å². The van der Waals surface area contributed by atoms with Crippen LogP contribution in [0.15, 0.2) is 23.4 Å². The molecule has 1 unspecified atom stereocenters. The standard InChI is InChI=1S/C10H14ClNO2S/c1-8-3-4-12-10(5-8)15(13,14)7-9(2)6-11/h3-5,9H,6-7H2,1-2H3. The van der Waals surface area contributed by atoms with Crippen LogP contribution in [0.5, 0.6) is 0 Å². The number of hydrogen-bond donors (Lipinski definition) is 0. The van der Waals surface area contributed by atoms with E-state index in [0.29, 0.717) is 5.88 Å². The van der Waals surface area contributed by atoms with Crippen LogP contribution >= 0.6 is 11.6 Å². The van der Waals surface area contributed by atoms with Crippen molar-refractivity contribution in [3.63, 3.8) is 0 Å². The number of aryl methyl sites for hydroxylation is 1. The summed E-state index contributed by atoms with van der Waals surface area (Å²) in [4.78, 5) is 3.87. The summed E-state index contributed by atoms with van der Waals surface area (Å²) >= 11 is 5.59. The van der Waals surface area contributed by atoms with Gasteiger partial charge in [-0.15, -0.1) is 11.6 Å². The van der Waals surface area contributed by atoms with Gasteiger partial charge in [-0.05, 0) is 30.5 Å². The highest BCUT2D eigenvalue weighted by atomic mass is 35.5. The van der Waals surface area contributed by atoms with Crippen molar-refractivity contribution in [3.8, 4) is 0 Å². The Kier molecular flexibility index (Phi) is 4.11. The molecule has 0 bridgehead atoms. The van der Waals surface area contributed by atoms with Gasteiger partial charge in [-0.2, -0.15) is 0 Å². The van der Waals surface area contributed by atoms with Gasteiger partial charge in [0.1, 0.15) is 0 Å². The SMILES string of the molecule is Cc1ccnc(S(=O)(=O)CC(C)CCl)c1. The first-order chi connectivity index (χ1) is 6.95. The Morgan fingerprint density at radius 3 is 2.73 bits per heavy atom. The average Bonchev–Trinajstić information content (AvgIpc) is 2.17. The molecule has 0 aliphatic heterocycles. The lowest BCUT2D eigenvalue weighted by molar-refractivity contribution is 0.579. The number of nitrogens with zero attached hydrogens (tertiary/aromatic N) is 1. The lowest BCUT2D eigenvalue weighted by atomic mass is 10.3. The van der Waals surface area contributed by atoms with E-state index >= 15 is 0 Å². The third-order valence-electron chi connectivity index (χ3n) is 1.98.